The number of nitrogens with zero attached hydrogens (tertiary/aromatic N) is 1. The molecule has 2 atom stereocenters. The number of ether oxygens (including phenoxy) is 1. The van der Waals surface area contributed by atoms with Crippen LogP contribution < -0.4 is 15.8 Å². The number of nitrogens with two attached hydrogens (primary N) is 1. The first kappa shape index (κ1) is 31.2. The Balaban J connectivity index is 1.60. The van der Waals surface area contributed by atoms with E-state index in [1.165, 1.54) is 0 Å². The van der Waals surface area contributed by atoms with Gasteiger partial charge in [-0.2, -0.15) is 0 Å². The Morgan fingerprint density at radius 1 is 1.15 bits per heavy atom. The normalized spacial score (nSPS) is 16.2. The molecule has 4 rings (SSSR count). The predicted octanol–water partition coefficient (Wildman–Crippen LogP) is 2.40. The van der Waals surface area contributed by atoms with E-state index in [2.05, 4.69) is 15.6 Å². The first-order valence-electron chi connectivity index (χ1n) is 13.0. The van der Waals surface area contributed by atoms with E-state index in [0.717, 1.165) is 35.3 Å². The van der Waals surface area contributed by atoms with Gasteiger partial charge in [0, 0.05) is 25.8 Å². The first-order chi connectivity index (χ1) is 19.2. The molecular weight excluding hydrogens is 589 g/mol. The fraction of sp³-hybridized carbons (Fsp3) is 0.444. The molecule has 0 radical (unpaired) electrons. The lowest BCUT2D eigenvalue weighted by Gasteiger charge is -2.32. The van der Waals surface area contributed by atoms with Crippen LogP contribution in [0.5, 0.6) is 0 Å². The lowest BCUT2D eigenvalue weighted by atomic mass is 10.0. The standard InChI is InChI=1S/C27H34N4O7S3/c1-26(2,38-3)16-30-23(32)19-8-6-18(7-9-19)20-10-11-21-22(14-20)39-25(31-21)27(40(34)35,15-17-4-5-17)24(33)29-12-13-41(28,36)37/h6-11,14,17H,4-5,12-13,15-16H2,1-3H3,(H,29,33)(H,30,32)(H,34,35)(H2,28,36,37)/p-1. The summed E-state index contributed by atoms with van der Waals surface area (Å²) < 4.78 is 52.1. The van der Waals surface area contributed by atoms with Crippen molar-refractivity contribution in [2.75, 3.05) is 26.0 Å². The predicted molar refractivity (Wildman–Crippen MR) is 157 cm³/mol. The Bertz CT molecular complexity index is 1570. The second-order valence-corrected chi connectivity index (χ2v) is 14.7. The number of rotatable bonds is 13. The highest BCUT2D eigenvalue weighted by Crippen LogP contribution is 2.46. The molecule has 1 heterocycles. The molecule has 0 saturated heterocycles. The number of primary sulfonamides is 1. The van der Waals surface area contributed by atoms with Gasteiger partial charge in [0.1, 0.15) is 5.01 Å². The Labute approximate surface area is 245 Å². The Kier molecular flexibility index (Phi) is 9.31. The second-order valence-electron chi connectivity index (χ2n) is 10.8. The summed E-state index contributed by atoms with van der Waals surface area (Å²) in [5.74, 6) is -1.50. The summed E-state index contributed by atoms with van der Waals surface area (Å²) in [5.41, 5.74) is 2.22. The van der Waals surface area contributed by atoms with Crippen molar-refractivity contribution in [1.82, 2.24) is 15.6 Å². The maximum Gasteiger partial charge on any atom is 0.251 e. The van der Waals surface area contributed by atoms with Crippen LogP contribution in [-0.2, 0) is 35.4 Å². The van der Waals surface area contributed by atoms with Gasteiger partial charge < -0.3 is 19.9 Å². The second kappa shape index (κ2) is 12.2. The molecule has 2 unspecified atom stereocenters. The number of amides is 2. The number of methoxy groups -OCH3 is 1. The average molecular weight is 622 g/mol. The highest BCUT2D eigenvalue weighted by atomic mass is 32.2. The number of hydrogen-bond donors (Lipinski definition) is 3. The molecule has 1 aliphatic rings. The van der Waals surface area contributed by atoms with Crippen LogP contribution in [0.2, 0.25) is 0 Å². The molecule has 222 valence electrons. The van der Waals surface area contributed by atoms with Crippen LogP contribution in [0.25, 0.3) is 21.3 Å². The number of nitrogens with one attached hydrogen (secondary N) is 2. The summed E-state index contributed by atoms with van der Waals surface area (Å²) in [5, 5.41) is 10.5. The Hall–Kier alpha value is -2.75. The lowest BCUT2D eigenvalue weighted by molar-refractivity contribution is -0.124. The van der Waals surface area contributed by atoms with Gasteiger partial charge in [-0.05, 0) is 72.7 Å². The van der Waals surface area contributed by atoms with Gasteiger partial charge >= 0.3 is 0 Å². The van der Waals surface area contributed by atoms with Crippen molar-refractivity contribution in [3.63, 3.8) is 0 Å². The molecule has 1 fully saturated rings. The van der Waals surface area contributed by atoms with Gasteiger partial charge in [0.25, 0.3) is 5.91 Å². The minimum absolute atomic E-state index is 0.0516. The summed E-state index contributed by atoms with van der Waals surface area (Å²) in [6, 6.07) is 12.5. The topological polar surface area (TPSA) is 181 Å². The molecule has 1 aromatic heterocycles. The maximum absolute atomic E-state index is 13.3. The van der Waals surface area contributed by atoms with Crippen LogP contribution in [0.3, 0.4) is 0 Å². The van der Waals surface area contributed by atoms with E-state index in [-0.39, 0.29) is 29.8 Å². The van der Waals surface area contributed by atoms with E-state index in [9.17, 15) is 26.8 Å². The van der Waals surface area contributed by atoms with Gasteiger partial charge in [0.2, 0.25) is 15.9 Å². The minimum Gasteiger partial charge on any atom is -0.771 e. The number of aromatic nitrogens is 1. The van der Waals surface area contributed by atoms with Crippen LogP contribution in [0.4, 0.5) is 0 Å². The molecule has 2 aromatic carbocycles. The zero-order valence-corrected chi connectivity index (χ0v) is 25.4. The van der Waals surface area contributed by atoms with Gasteiger partial charge in [0.05, 0.1) is 21.6 Å². The molecule has 0 bridgehead atoms. The Morgan fingerprint density at radius 2 is 1.80 bits per heavy atom. The molecule has 14 heteroatoms. The molecule has 41 heavy (non-hydrogen) atoms. The Morgan fingerprint density at radius 3 is 2.39 bits per heavy atom. The van der Waals surface area contributed by atoms with E-state index in [1.54, 1.807) is 25.3 Å². The average Bonchev–Trinajstić information content (AvgIpc) is 3.64. The molecule has 1 saturated carbocycles. The summed E-state index contributed by atoms with van der Waals surface area (Å²) in [6.45, 7) is 3.80. The SMILES string of the molecule is COC(C)(C)CNC(=O)c1ccc(-c2ccc3nc(C(CC4CC4)(C(=O)NCCS(N)(=O)=O)S(=O)[O-])sc3c2)cc1. The first-order valence-corrected chi connectivity index (χ1v) is 16.6. The van der Waals surface area contributed by atoms with Crippen molar-refractivity contribution in [2.24, 2.45) is 11.1 Å². The van der Waals surface area contributed by atoms with Crippen LogP contribution in [0.15, 0.2) is 42.5 Å². The van der Waals surface area contributed by atoms with Crippen molar-refractivity contribution >= 4 is 54.5 Å². The van der Waals surface area contributed by atoms with Crippen LogP contribution in [-0.4, -0.2) is 65.5 Å². The third-order valence-corrected chi connectivity index (χ3v) is 10.2. The molecule has 0 aliphatic heterocycles. The van der Waals surface area contributed by atoms with Gasteiger partial charge in [-0.1, -0.05) is 31.0 Å². The lowest BCUT2D eigenvalue weighted by Crippen LogP contribution is -2.49. The highest BCUT2D eigenvalue weighted by Gasteiger charge is 2.48. The van der Waals surface area contributed by atoms with Crippen molar-refractivity contribution in [3.05, 3.63) is 53.0 Å². The molecule has 0 spiro atoms. The van der Waals surface area contributed by atoms with Crippen LogP contribution >= 0.6 is 11.3 Å². The van der Waals surface area contributed by atoms with Crippen molar-refractivity contribution < 1.29 is 31.5 Å². The van der Waals surface area contributed by atoms with Crippen molar-refractivity contribution in [2.45, 2.75) is 43.5 Å². The van der Waals surface area contributed by atoms with E-state index in [0.29, 0.717) is 22.3 Å². The summed E-state index contributed by atoms with van der Waals surface area (Å²) in [7, 11) is -2.25. The van der Waals surface area contributed by atoms with E-state index in [4.69, 9.17) is 9.88 Å². The van der Waals surface area contributed by atoms with E-state index in [1.807, 2.05) is 38.1 Å². The molecule has 11 nitrogen and oxygen atoms in total. The maximum atomic E-state index is 13.3. The number of fused-ring (bicyclic) bond motifs is 1. The molecule has 3 aromatic rings. The summed E-state index contributed by atoms with van der Waals surface area (Å²) >= 11 is -1.76. The zero-order valence-electron chi connectivity index (χ0n) is 23.0. The monoisotopic (exact) mass is 621 g/mol. The van der Waals surface area contributed by atoms with Gasteiger partial charge in [0.15, 0.2) is 4.75 Å². The zero-order chi connectivity index (χ0) is 30.0. The van der Waals surface area contributed by atoms with E-state index >= 15 is 0 Å². The molecule has 4 N–H and O–H groups in total. The smallest absolute Gasteiger partial charge is 0.251 e. The molecule has 2 amide bonds. The van der Waals surface area contributed by atoms with Crippen LogP contribution in [0, 0.1) is 5.92 Å². The van der Waals surface area contributed by atoms with Gasteiger partial charge in [-0.3, -0.25) is 13.8 Å². The number of sulfonamides is 1. The number of thiazole rings is 1. The third-order valence-electron chi connectivity index (χ3n) is 7.04. The van der Waals surface area contributed by atoms with Gasteiger partial charge in [-0.15, -0.1) is 11.3 Å². The number of carbonyl (C=O) groups excluding carboxylic acids is 2. The minimum atomic E-state index is -3.84. The van der Waals surface area contributed by atoms with Crippen molar-refractivity contribution in [1.29, 1.82) is 0 Å². The number of hydrogen-bond acceptors (Lipinski definition) is 9. The highest BCUT2D eigenvalue weighted by molar-refractivity contribution is 7.89. The fourth-order valence-corrected chi connectivity index (χ4v) is 6.83. The number of benzene rings is 2. The quantitative estimate of drug-likeness (QED) is 0.243. The summed E-state index contributed by atoms with van der Waals surface area (Å²) in [4.78, 5) is 30.4. The van der Waals surface area contributed by atoms with E-state index < -0.39 is 43.1 Å². The molecular formula is C27H33N4O7S3-. The van der Waals surface area contributed by atoms with Gasteiger partial charge in [-0.25, -0.2) is 18.5 Å². The third kappa shape index (κ3) is 7.56. The van der Waals surface area contributed by atoms with Crippen molar-refractivity contribution in [3.8, 4) is 11.1 Å². The number of carbonyl (C=O) groups is 2. The molecule has 1 aliphatic carbocycles. The van der Waals surface area contributed by atoms with Crippen LogP contribution in [0.1, 0.15) is 48.5 Å². The fourth-order valence-electron chi connectivity index (χ4n) is 4.23. The largest absolute Gasteiger partial charge is 0.771 e. The summed E-state index contributed by atoms with van der Waals surface area (Å²) in [6.07, 6.45) is 1.66.